The second kappa shape index (κ2) is 15.4. The van der Waals surface area contributed by atoms with E-state index in [0.29, 0.717) is 24.3 Å². The lowest BCUT2D eigenvalue weighted by Gasteiger charge is -2.33. The lowest BCUT2D eigenvalue weighted by molar-refractivity contribution is -0.141. The summed E-state index contributed by atoms with van der Waals surface area (Å²) in [7, 11) is -1.98. The molecule has 226 valence electrons. The number of nitrogens with zero attached hydrogens (tertiary/aromatic N) is 2. The summed E-state index contributed by atoms with van der Waals surface area (Å²) >= 11 is 0. The van der Waals surface area contributed by atoms with Crippen LogP contribution in [0.2, 0.25) is 0 Å². The van der Waals surface area contributed by atoms with Gasteiger partial charge in [-0.3, -0.25) is 13.9 Å². The highest BCUT2D eigenvalue weighted by molar-refractivity contribution is 7.92. The van der Waals surface area contributed by atoms with Crippen LogP contribution < -0.4 is 14.4 Å². The lowest BCUT2D eigenvalue weighted by Crippen LogP contribution is -2.52. The van der Waals surface area contributed by atoms with Gasteiger partial charge in [-0.25, -0.2) is 8.42 Å². The molecule has 0 bridgehead atoms. The molecule has 0 saturated heterocycles. The highest BCUT2D eigenvalue weighted by Gasteiger charge is 2.31. The molecule has 2 amide bonds. The van der Waals surface area contributed by atoms with Gasteiger partial charge in [-0.1, -0.05) is 67.1 Å². The van der Waals surface area contributed by atoms with Crippen LogP contribution in [0.4, 0.5) is 5.69 Å². The van der Waals surface area contributed by atoms with Crippen molar-refractivity contribution < 1.29 is 22.7 Å². The van der Waals surface area contributed by atoms with E-state index in [0.717, 1.165) is 23.1 Å². The van der Waals surface area contributed by atoms with Crippen LogP contribution in [0.5, 0.6) is 5.75 Å². The minimum Gasteiger partial charge on any atom is -0.497 e. The van der Waals surface area contributed by atoms with E-state index in [1.54, 1.807) is 24.1 Å². The maximum atomic E-state index is 14.0. The average Bonchev–Trinajstić information content (AvgIpc) is 2.97. The van der Waals surface area contributed by atoms with Crippen molar-refractivity contribution in [1.82, 2.24) is 10.2 Å². The Morgan fingerprint density at radius 2 is 1.62 bits per heavy atom. The minimum atomic E-state index is -3.56. The summed E-state index contributed by atoms with van der Waals surface area (Å²) in [6, 6.07) is 23.5. The van der Waals surface area contributed by atoms with Crippen molar-refractivity contribution in [3.8, 4) is 5.75 Å². The largest absolute Gasteiger partial charge is 0.497 e. The van der Waals surface area contributed by atoms with Crippen LogP contribution in [-0.4, -0.2) is 57.1 Å². The third-order valence-corrected chi connectivity index (χ3v) is 8.43. The van der Waals surface area contributed by atoms with Gasteiger partial charge in [0.2, 0.25) is 21.8 Å². The van der Waals surface area contributed by atoms with Crippen LogP contribution in [0.15, 0.2) is 78.9 Å². The number of aryl methyl sites for hydroxylation is 1. The molecule has 3 rings (SSSR count). The Labute approximate surface area is 250 Å². The molecular formula is C33H43N3O5S. The first-order valence-corrected chi connectivity index (χ1v) is 16.2. The summed E-state index contributed by atoms with van der Waals surface area (Å²) in [5.41, 5.74) is 3.34. The first-order chi connectivity index (χ1) is 20.0. The highest BCUT2D eigenvalue weighted by Crippen LogP contribution is 2.22. The molecule has 2 atom stereocenters. The number of ether oxygens (including phenoxy) is 1. The SMILES string of the molecule is CC[C@@H](C)NC(=O)[C@@H](Cc1ccccc1)N(Cc1cccc(OC)c1)C(=O)CCCN(c1ccc(C)cc1)S(C)(=O)=O. The van der Waals surface area contributed by atoms with Gasteiger partial charge in [0.05, 0.1) is 19.1 Å². The summed E-state index contributed by atoms with van der Waals surface area (Å²) < 4.78 is 32.0. The zero-order valence-electron chi connectivity index (χ0n) is 25.2. The third-order valence-electron chi connectivity index (χ3n) is 7.23. The van der Waals surface area contributed by atoms with E-state index < -0.39 is 16.1 Å². The van der Waals surface area contributed by atoms with Crippen LogP contribution in [0.25, 0.3) is 0 Å². The monoisotopic (exact) mass is 593 g/mol. The van der Waals surface area contributed by atoms with Crippen LogP contribution in [-0.2, 0) is 32.6 Å². The first-order valence-electron chi connectivity index (χ1n) is 14.3. The van der Waals surface area contributed by atoms with Gasteiger partial charge in [0.25, 0.3) is 0 Å². The molecule has 3 aromatic carbocycles. The second-order valence-corrected chi connectivity index (χ2v) is 12.6. The molecule has 0 spiro atoms. The minimum absolute atomic E-state index is 0.0534. The molecule has 0 aliphatic carbocycles. The van der Waals surface area contributed by atoms with Gasteiger partial charge in [0, 0.05) is 32.0 Å². The van der Waals surface area contributed by atoms with Crippen LogP contribution in [0, 0.1) is 6.92 Å². The number of methoxy groups -OCH3 is 1. The van der Waals surface area contributed by atoms with Crippen LogP contribution >= 0.6 is 0 Å². The molecule has 0 unspecified atom stereocenters. The standard InChI is InChI=1S/C33H43N3O5S/c1-6-26(3)34-33(38)31(23-27-12-8-7-9-13-27)35(24-28-14-10-15-30(22-28)41-4)32(37)16-11-21-36(42(5,39)40)29-19-17-25(2)18-20-29/h7-10,12-15,17-20,22,26,31H,6,11,16,21,23-24H2,1-5H3,(H,34,38)/t26-,31-/m1/s1. The van der Waals surface area contributed by atoms with E-state index in [2.05, 4.69) is 5.32 Å². The van der Waals surface area contributed by atoms with Crippen LogP contribution in [0.3, 0.4) is 0 Å². The lowest BCUT2D eigenvalue weighted by atomic mass is 10.0. The number of sulfonamides is 1. The van der Waals surface area contributed by atoms with E-state index in [-0.39, 0.29) is 37.4 Å². The molecule has 0 heterocycles. The van der Waals surface area contributed by atoms with Crippen molar-refractivity contribution in [2.24, 2.45) is 0 Å². The Hall–Kier alpha value is -3.85. The normalized spacial score (nSPS) is 12.7. The second-order valence-electron chi connectivity index (χ2n) is 10.7. The molecule has 0 aliphatic rings. The zero-order chi connectivity index (χ0) is 30.7. The summed E-state index contributed by atoms with van der Waals surface area (Å²) in [4.78, 5) is 29.3. The number of carbonyl (C=O) groups is 2. The number of nitrogens with one attached hydrogen (secondary N) is 1. The molecule has 8 nitrogen and oxygen atoms in total. The summed E-state index contributed by atoms with van der Waals surface area (Å²) in [6.45, 7) is 6.22. The van der Waals surface area contributed by atoms with Gasteiger partial charge in [-0.15, -0.1) is 0 Å². The predicted octanol–water partition coefficient (Wildman–Crippen LogP) is 5.10. The Morgan fingerprint density at radius 1 is 0.952 bits per heavy atom. The van der Waals surface area contributed by atoms with Gasteiger partial charge < -0.3 is 15.0 Å². The number of rotatable bonds is 15. The number of hydrogen-bond acceptors (Lipinski definition) is 5. The summed E-state index contributed by atoms with van der Waals surface area (Å²) in [5.74, 6) is 0.211. The van der Waals surface area contributed by atoms with Crippen molar-refractivity contribution >= 4 is 27.5 Å². The quantitative estimate of drug-likeness (QED) is 0.264. The number of carbonyl (C=O) groups excluding carboxylic acids is 2. The summed E-state index contributed by atoms with van der Waals surface area (Å²) in [5, 5.41) is 3.07. The Kier molecular flexibility index (Phi) is 12.0. The third kappa shape index (κ3) is 9.62. The Balaban J connectivity index is 1.90. The zero-order valence-corrected chi connectivity index (χ0v) is 26.1. The fourth-order valence-electron chi connectivity index (χ4n) is 4.68. The van der Waals surface area contributed by atoms with Gasteiger partial charge in [-0.2, -0.15) is 0 Å². The molecule has 0 aliphatic heterocycles. The van der Waals surface area contributed by atoms with Gasteiger partial charge in [0.1, 0.15) is 11.8 Å². The molecule has 9 heteroatoms. The Bertz CT molecular complexity index is 1410. The molecule has 0 saturated carbocycles. The molecular weight excluding hydrogens is 550 g/mol. The van der Waals surface area contributed by atoms with Crippen molar-refractivity contribution in [2.45, 2.75) is 65.1 Å². The average molecular weight is 594 g/mol. The Morgan fingerprint density at radius 3 is 2.24 bits per heavy atom. The fraction of sp³-hybridized carbons (Fsp3) is 0.394. The smallest absolute Gasteiger partial charge is 0.243 e. The number of benzene rings is 3. The highest BCUT2D eigenvalue weighted by atomic mass is 32.2. The van der Waals surface area contributed by atoms with Gasteiger partial charge in [-0.05, 0) is 62.1 Å². The maximum absolute atomic E-state index is 14.0. The van der Waals surface area contributed by atoms with E-state index in [9.17, 15) is 18.0 Å². The molecule has 0 fully saturated rings. The van der Waals surface area contributed by atoms with Gasteiger partial charge in [0.15, 0.2) is 0 Å². The van der Waals surface area contributed by atoms with Crippen LogP contribution in [0.1, 0.15) is 49.8 Å². The van der Waals surface area contributed by atoms with Crippen molar-refractivity contribution in [2.75, 3.05) is 24.2 Å². The van der Waals surface area contributed by atoms with E-state index in [1.807, 2.05) is 87.5 Å². The molecule has 0 aromatic heterocycles. The van der Waals surface area contributed by atoms with Crippen molar-refractivity contribution in [3.63, 3.8) is 0 Å². The fourth-order valence-corrected chi connectivity index (χ4v) is 5.64. The van der Waals surface area contributed by atoms with Gasteiger partial charge >= 0.3 is 0 Å². The number of amides is 2. The van der Waals surface area contributed by atoms with E-state index in [4.69, 9.17) is 4.74 Å². The molecule has 3 aromatic rings. The van der Waals surface area contributed by atoms with Crippen molar-refractivity contribution in [3.05, 3.63) is 95.6 Å². The molecule has 42 heavy (non-hydrogen) atoms. The number of anilines is 1. The topological polar surface area (TPSA) is 96.0 Å². The van der Waals surface area contributed by atoms with E-state index in [1.165, 1.54) is 10.6 Å². The maximum Gasteiger partial charge on any atom is 0.243 e. The predicted molar refractivity (Wildman–Crippen MR) is 168 cm³/mol. The molecule has 1 N–H and O–H groups in total. The van der Waals surface area contributed by atoms with E-state index >= 15 is 0 Å². The first kappa shape index (κ1) is 32.7. The molecule has 0 radical (unpaired) electrons. The number of hydrogen-bond donors (Lipinski definition) is 1. The van der Waals surface area contributed by atoms with Crippen molar-refractivity contribution in [1.29, 1.82) is 0 Å². The summed E-state index contributed by atoms with van der Waals surface area (Å²) in [6.07, 6.45) is 2.63.